The Bertz CT molecular complexity index is 945. The van der Waals surface area contributed by atoms with Crippen LogP contribution in [0.15, 0.2) is 54.1 Å². The number of carbonyl (C=O) groups is 3. The van der Waals surface area contributed by atoms with Gasteiger partial charge in [-0.2, -0.15) is 0 Å². The Morgan fingerprint density at radius 2 is 1.74 bits per heavy atom. The molecule has 0 aromatic heterocycles. The number of hydrogen-bond acceptors (Lipinski definition) is 6. The van der Waals surface area contributed by atoms with E-state index in [9.17, 15) is 19.5 Å². The zero-order valence-corrected chi connectivity index (χ0v) is 14.7. The van der Waals surface area contributed by atoms with E-state index in [1.54, 1.807) is 36.4 Å². The smallest absolute Gasteiger partial charge is 0.337 e. The Hall–Kier alpha value is -3.61. The van der Waals surface area contributed by atoms with Crippen LogP contribution in [0.5, 0.6) is 5.75 Å². The van der Waals surface area contributed by atoms with Crippen molar-refractivity contribution in [3.05, 3.63) is 70.8 Å². The topological polar surface area (TPSA) is 102 Å². The molecule has 7 heteroatoms. The molecule has 2 N–H and O–H groups in total. The number of rotatable bonds is 4. The van der Waals surface area contributed by atoms with Gasteiger partial charge in [0.05, 0.1) is 31.4 Å². The largest absolute Gasteiger partial charge is 0.507 e. The number of amides is 1. The number of esters is 1. The zero-order valence-electron chi connectivity index (χ0n) is 14.7. The predicted octanol–water partition coefficient (Wildman–Crippen LogP) is 2.19. The van der Waals surface area contributed by atoms with E-state index in [1.807, 2.05) is 0 Å². The summed E-state index contributed by atoms with van der Waals surface area (Å²) < 4.78 is 9.78. The maximum Gasteiger partial charge on any atom is 0.337 e. The van der Waals surface area contributed by atoms with E-state index in [-0.39, 0.29) is 11.3 Å². The SMILES string of the molecule is COC(=O)c1ccc(C2NC(=O)C(=O)/C2=C(/O)c2cccc(OC)c2)cc1. The molecule has 138 valence electrons. The van der Waals surface area contributed by atoms with Crippen molar-refractivity contribution < 1.29 is 29.0 Å². The monoisotopic (exact) mass is 367 g/mol. The summed E-state index contributed by atoms with van der Waals surface area (Å²) in [5, 5.41) is 13.2. The van der Waals surface area contributed by atoms with Gasteiger partial charge < -0.3 is 19.9 Å². The summed E-state index contributed by atoms with van der Waals surface area (Å²) >= 11 is 0. The Kier molecular flexibility index (Phi) is 4.94. The van der Waals surface area contributed by atoms with Gasteiger partial charge in [0.2, 0.25) is 0 Å². The number of nitrogens with one attached hydrogen (secondary N) is 1. The van der Waals surface area contributed by atoms with Gasteiger partial charge in [-0.1, -0.05) is 24.3 Å². The number of methoxy groups -OCH3 is 2. The second-order valence-electron chi connectivity index (χ2n) is 5.84. The van der Waals surface area contributed by atoms with Gasteiger partial charge in [0.25, 0.3) is 11.7 Å². The molecule has 1 heterocycles. The van der Waals surface area contributed by atoms with E-state index in [4.69, 9.17) is 4.74 Å². The molecule has 3 rings (SSSR count). The van der Waals surface area contributed by atoms with Crippen LogP contribution < -0.4 is 10.1 Å². The zero-order chi connectivity index (χ0) is 19.6. The Labute approximate surface area is 155 Å². The van der Waals surface area contributed by atoms with Crippen LogP contribution in [0.4, 0.5) is 0 Å². The minimum atomic E-state index is -0.831. The normalized spacial score (nSPS) is 18.1. The Morgan fingerprint density at radius 1 is 1.04 bits per heavy atom. The van der Waals surface area contributed by atoms with E-state index in [0.29, 0.717) is 22.4 Å². The second kappa shape index (κ2) is 7.33. The van der Waals surface area contributed by atoms with Crippen molar-refractivity contribution in [3.8, 4) is 5.75 Å². The lowest BCUT2D eigenvalue weighted by atomic mass is 9.95. The first-order valence-corrected chi connectivity index (χ1v) is 8.07. The molecule has 1 saturated heterocycles. The number of Topliss-reactive ketones (excluding diaryl/α,β-unsaturated/α-hetero) is 1. The third-order valence-electron chi connectivity index (χ3n) is 4.28. The van der Waals surface area contributed by atoms with Crippen molar-refractivity contribution >= 4 is 23.4 Å². The first-order chi connectivity index (χ1) is 13.0. The van der Waals surface area contributed by atoms with Gasteiger partial charge in [0.15, 0.2) is 0 Å². The summed E-state index contributed by atoms with van der Waals surface area (Å²) in [5.74, 6) is -1.91. The van der Waals surface area contributed by atoms with Crippen molar-refractivity contribution in [2.24, 2.45) is 0 Å². The first-order valence-electron chi connectivity index (χ1n) is 8.07. The summed E-state index contributed by atoms with van der Waals surface area (Å²) in [7, 11) is 2.76. The minimum Gasteiger partial charge on any atom is -0.507 e. The van der Waals surface area contributed by atoms with Crippen LogP contribution in [0.2, 0.25) is 0 Å². The molecule has 0 radical (unpaired) electrons. The molecule has 2 aromatic carbocycles. The first kappa shape index (κ1) is 18.2. The molecule has 1 atom stereocenters. The quantitative estimate of drug-likeness (QED) is 0.372. The molecule has 0 spiro atoms. The lowest BCUT2D eigenvalue weighted by Crippen LogP contribution is -2.21. The average Bonchev–Trinajstić information content (AvgIpc) is 3.01. The van der Waals surface area contributed by atoms with Crippen LogP contribution in [0, 0.1) is 0 Å². The Balaban J connectivity index is 2.05. The second-order valence-corrected chi connectivity index (χ2v) is 5.84. The summed E-state index contributed by atoms with van der Waals surface area (Å²) in [5.41, 5.74) is 1.18. The standard InChI is InChI=1S/C20H17NO6/c1-26-14-5-3-4-13(10-14)17(22)15-16(21-19(24)18(15)23)11-6-8-12(9-7-11)20(25)27-2/h3-10,16,22H,1-2H3,(H,21,24)/b17-15+. The molecule has 0 aliphatic carbocycles. The molecule has 27 heavy (non-hydrogen) atoms. The highest BCUT2D eigenvalue weighted by Gasteiger charge is 2.39. The number of carbonyl (C=O) groups excluding carboxylic acids is 3. The highest BCUT2D eigenvalue weighted by atomic mass is 16.5. The maximum absolute atomic E-state index is 12.3. The van der Waals surface area contributed by atoms with Crippen LogP contribution in [0.25, 0.3) is 5.76 Å². The van der Waals surface area contributed by atoms with Crippen molar-refractivity contribution in [3.63, 3.8) is 0 Å². The summed E-state index contributed by atoms with van der Waals surface area (Å²) in [4.78, 5) is 35.8. The lowest BCUT2D eigenvalue weighted by molar-refractivity contribution is -0.133. The number of benzene rings is 2. The molecule has 1 aliphatic rings. The molecule has 0 saturated carbocycles. The molecule has 7 nitrogen and oxygen atoms in total. The third-order valence-corrected chi connectivity index (χ3v) is 4.28. The van der Waals surface area contributed by atoms with Crippen LogP contribution in [-0.4, -0.2) is 37.0 Å². The van der Waals surface area contributed by atoms with Gasteiger partial charge >= 0.3 is 5.97 Å². The highest BCUT2D eigenvalue weighted by Crippen LogP contribution is 2.33. The Morgan fingerprint density at radius 3 is 2.37 bits per heavy atom. The van der Waals surface area contributed by atoms with E-state index in [1.165, 1.54) is 26.4 Å². The molecule has 2 aromatic rings. The fraction of sp³-hybridized carbons (Fsp3) is 0.150. The molecule has 1 fully saturated rings. The third kappa shape index (κ3) is 3.39. The molecular formula is C20H17NO6. The van der Waals surface area contributed by atoms with E-state index < -0.39 is 23.7 Å². The fourth-order valence-electron chi connectivity index (χ4n) is 2.87. The van der Waals surface area contributed by atoms with Gasteiger partial charge in [-0.25, -0.2) is 4.79 Å². The van der Waals surface area contributed by atoms with E-state index >= 15 is 0 Å². The minimum absolute atomic E-state index is 0.0564. The van der Waals surface area contributed by atoms with Gasteiger partial charge in [0.1, 0.15) is 11.5 Å². The van der Waals surface area contributed by atoms with Crippen LogP contribution >= 0.6 is 0 Å². The van der Waals surface area contributed by atoms with Crippen molar-refractivity contribution in [2.75, 3.05) is 14.2 Å². The predicted molar refractivity (Wildman–Crippen MR) is 96.2 cm³/mol. The lowest BCUT2D eigenvalue weighted by Gasteiger charge is -2.14. The highest BCUT2D eigenvalue weighted by molar-refractivity contribution is 6.46. The molecule has 1 unspecified atom stereocenters. The van der Waals surface area contributed by atoms with Crippen LogP contribution in [0.1, 0.15) is 27.5 Å². The molecular weight excluding hydrogens is 350 g/mol. The van der Waals surface area contributed by atoms with Gasteiger partial charge in [-0.3, -0.25) is 9.59 Å². The van der Waals surface area contributed by atoms with E-state index in [0.717, 1.165) is 0 Å². The number of aliphatic hydroxyl groups excluding tert-OH is 1. The van der Waals surface area contributed by atoms with Crippen molar-refractivity contribution in [2.45, 2.75) is 6.04 Å². The summed E-state index contributed by atoms with van der Waals surface area (Å²) in [6, 6.07) is 11.9. The average molecular weight is 367 g/mol. The summed E-state index contributed by atoms with van der Waals surface area (Å²) in [6.45, 7) is 0. The van der Waals surface area contributed by atoms with Crippen molar-refractivity contribution in [1.82, 2.24) is 5.32 Å². The number of aliphatic hydroxyl groups is 1. The molecule has 1 aliphatic heterocycles. The van der Waals surface area contributed by atoms with Gasteiger partial charge in [-0.05, 0) is 29.8 Å². The summed E-state index contributed by atoms with van der Waals surface area (Å²) in [6.07, 6.45) is 0. The molecule has 0 bridgehead atoms. The van der Waals surface area contributed by atoms with Crippen LogP contribution in [0.3, 0.4) is 0 Å². The van der Waals surface area contributed by atoms with Crippen molar-refractivity contribution in [1.29, 1.82) is 0 Å². The van der Waals surface area contributed by atoms with Gasteiger partial charge in [-0.15, -0.1) is 0 Å². The fourth-order valence-corrected chi connectivity index (χ4v) is 2.87. The van der Waals surface area contributed by atoms with E-state index in [2.05, 4.69) is 10.1 Å². The van der Waals surface area contributed by atoms with Gasteiger partial charge in [0, 0.05) is 5.56 Å². The molecule has 1 amide bonds. The number of hydrogen-bond donors (Lipinski definition) is 2. The number of ketones is 1. The van der Waals surface area contributed by atoms with Crippen LogP contribution in [-0.2, 0) is 14.3 Å². The number of ether oxygens (including phenoxy) is 2. The maximum atomic E-state index is 12.3.